The zero-order valence-corrected chi connectivity index (χ0v) is 15.3. The van der Waals surface area contributed by atoms with E-state index in [1.807, 2.05) is 0 Å². The molecule has 0 saturated carbocycles. The molecule has 0 unspecified atom stereocenters. The van der Waals surface area contributed by atoms with Crippen molar-refractivity contribution in [3.63, 3.8) is 0 Å². The summed E-state index contributed by atoms with van der Waals surface area (Å²) in [6.45, 7) is 0. The summed E-state index contributed by atoms with van der Waals surface area (Å²) in [5.41, 5.74) is 0. The number of rotatable bonds is 7. The highest BCUT2D eigenvalue weighted by atomic mass is 19.5. The lowest BCUT2D eigenvalue weighted by atomic mass is 9.87. The summed E-state index contributed by atoms with van der Waals surface area (Å²) in [6.07, 6.45) is -21.6. The van der Waals surface area contributed by atoms with Crippen molar-refractivity contribution in [3.05, 3.63) is 0 Å². The summed E-state index contributed by atoms with van der Waals surface area (Å²) in [4.78, 5) is 0. The number of hydrogen-bond acceptors (Lipinski definition) is 0. The molecule has 0 aromatic carbocycles. The maximum absolute atomic E-state index is 13.1. The second-order valence-electron chi connectivity index (χ2n) is 6.02. The van der Waals surface area contributed by atoms with Gasteiger partial charge in [0.05, 0.1) is 0 Å². The van der Waals surface area contributed by atoms with E-state index in [4.69, 9.17) is 0 Å². The molecule has 0 N–H and O–H groups in total. The average Bonchev–Trinajstić information content (AvgIpc) is 2.56. The van der Waals surface area contributed by atoms with E-state index in [0.717, 1.165) is 0 Å². The van der Waals surface area contributed by atoms with Crippen molar-refractivity contribution in [1.82, 2.24) is 0 Å². The third-order valence-corrected chi connectivity index (χ3v) is 3.47. The molecule has 0 saturated heterocycles. The molecule has 0 bridgehead atoms. The Hall–Kier alpha value is -1.82. The Balaban J connectivity index is 0. The summed E-state index contributed by atoms with van der Waals surface area (Å²) in [7, 11) is 0. The molecule has 0 aromatic rings. The summed E-state index contributed by atoms with van der Waals surface area (Å²) < 4.78 is 315. The van der Waals surface area contributed by atoms with Crippen LogP contribution in [0.4, 0.5) is 114 Å². The topological polar surface area (TPSA) is 0 Å². The predicted octanol–water partition coefficient (Wildman–Crippen LogP) is 8.67. The largest absolute Gasteiger partial charge is 0.559 e. The fourth-order valence-corrected chi connectivity index (χ4v) is 1.54. The Bertz CT molecular complexity index is 704. The van der Waals surface area contributed by atoms with Crippen molar-refractivity contribution >= 4 is 0 Å². The van der Waals surface area contributed by atoms with Crippen LogP contribution in [0.3, 0.4) is 0 Å². The van der Waals surface area contributed by atoms with Gasteiger partial charge in [0.1, 0.15) is 0 Å². The lowest BCUT2D eigenvalue weighted by molar-refractivity contribution is -0.478. The minimum Gasteiger partial charge on any atom is -0.192 e. The molecule has 0 amide bonds. The van der Waals surface area contributed by atoms with Crippen LogP contribution in [0, 0.1) is 0 Å². The lowest BCUT2D eigenvalue weighted by Crippen LogP contribution is -2.76. The first kappa shape index (κ1) is 37.3. The molecule has 0 spiro atoms. The number of halogens is 26. The van der Waals surface area contributed by atoms with Crippen LogP contribution in [0.1, 0.15) is 0 Å². The monoisotopic (exact) mass is 626 g/mol. The van der Waals surface area contributed by atoms with E-state index in [9.17, 15) is 114 Å². The molecule has 0 fully saturated rings. The average molecular weight is 626 g/mol. The molecule has 0 aliphatic rings. The minimum absolute atomic E-state index is 5.50. The van der Waals surface area contributed by atoms with Gasteiger partial charge < -0.3 is 0 Å². The van der Waals surface area contributed by atoms with Gasteiger partial charge in [-0.05, 0) is 0 Å². The van der Waals surface area contributed by atoms with Crippen molar-refractivity contribution in [3.8, 4) is 0 Å². The molecule has 26 heteroatoms. The predicted molar refractivity (Wildman–Crippen MR) is 58.8 cm³/mol. The Kier molecular flexibility index (Phi) is 9.22. The van der Waals surface area contributed by atoms with Crippen LogP contribution in [-0.2, 0) is 0 Å². The van der Waals surface area contributed by atoms with Crippen molar-refractivity contribution in [2.45, 2.75) is 66.2 Å². The van der Waals surface area contributed by atoms with Gasteiger partial charge in [0.15, 0.2) is 0 Å². The molecule has 0 heterocycles. The molecule has 226 valence electrons. The number of hydrogen-bond donors (Lipinski definition) is 0. The van der Waals surface area contributed by atoms with Gasteiger partial charge in [-0.1, -0.05) is 0 Å². The highest BCUT2D eigenvalue weighted by Crippen LogP contribution is 2.66. The van der Waals surface area contributed by atoms with Gasteiger partial charge in [-0.3, -0.25) is 0 Å². The summed E-state index contributed by atoms with van der Waals surface area (Å²) in [5, 5.41) is 0. The fraction of sp³-hybridized carbons (Fsp3) is 1.00. The quantitative estimate of drug-likeness (QED) is 0.248. The third-order valence-electron chi connectivity index (χ3n) is 3.47. The first-order valence-corrected chi connectivity index (χ1v) is 7.16. The minimum atomic E-state index is -9.24. The van der Waals surface area contributed by atoms with E-state index in [0.29, 0.717) is 0 Å². The van der Waals surface area contributed by atoms with Crippen molar-refractivity contribution in [1.29, 1.82) is 0 Å². The van der Waals surface area contributed by atoms with Crippen molar-refractivity contribution in [2.24, 2.45) is 0 Å². The molecule has 0 nitrogen and oxygen atoms in total. The Morgan fingerprint density at radius 1 is 0.162 bits per heavy atom. The number of alkyl halides is 26. The van der Waals surface area contributed by atoms with Gasteiger partial charge in [0, 0.05) is 0 Å². The first-order chi connectivity index (χ1) is 15.2. The van der Waals surface area contributed by atoms with Gasteiger partial charge >= 0.3 is 66.2 Å². The van der Waals surface area contributed by atoms with E-state index >= 15 is 0 Å². The van der Waals surface area contributed by atoms with Crippen LogP contribution in [0.5, 0.6) is 0 Å². The van der Waals surface area contributed by atoms with Gasteiger partial charge in [-0.2, -0.15) is 96.6 Å². The van der Waals surface area contributed by atoms with E-state index in [2.05, 4.69) is 0 Å². The van der Waals surface area contributed by atoms with Crippen LogP contribution >= 0.6 is 0 Å². The second-order valence-corrected chi connectivity index (χ2v) is 6.02. The Morgan fingerprint density at radius 3 is 0.324 bits per heavy atom. The summed E-state index contributed by atoms with van der Waals surface area (Å²) in [5.74, 6) is -71.5. The van der Waals surface area contributed by atoms with Gasteiger partial charge in [-0.15, -0.1) is 17.6 Å². The maximum Gasteiger partial charge on any atom is 0.559 e. The first-order valence-electron chi connectivity index (χ1n) is 7.16. The van der Waals surface area contributed by atoms with E-state index < -0.39 is 66.2 Å². The normalized spacial score (nSPS) is 16.4. The molecule has 0 radical (unpaired) electrons. The Morgan fingerprint density at radius 2 is 0.243 bits per heavy atom. The lowest BCUT2D eigenvalue weighted by Gasteiger charge is -2.43. The standard InChI is InChI=1S/C10F22.CF4/c11-1(12,3(15,16)5(19,20)7(23,24)9(27,28)29)2(13,14)4(17,18)6(21,22)8(25,26)10(30,31)32;2-1(3,4)5. The molecule has 0 rings (SSSR count). The molecular weight excluding hydrogens is 626 g/mol. The SMILES string of the molecule is FC(F)(F)C(F)(F)C(F)(F)C(F)(F)C(F)(F)C(F)(F)C(F)(F)C(F)(F)C(F)(F)C(F)(F)F.FC(F)(F)F. The van der Waals surface area contributed by atoms with Crippen LogP contribution in [0.15, 0.2) is 0 Å². The van der Waals surface area contributed by atoms with E-state index in [1.165, 1.54) is 0 Å². The molecule has 0 aliphatic carbocycles. The van der Waals surface area contributed by atoms with Crippen molar-refractivity contribution in [2.75, 3.05) is 0 Å². The highest BCUT2D eigenvalue weighted by molar-refractivity contribution is 5.17. The smallest absolute Gasteiger partial charge is 0.192 e. The summed E-state index contributed by atoms with van der Waals surface area (Å²) in [6, 6.07) is 0. The van der Waals surface area contributed by atoms with Crippen LogP contribution in [0.2, 0.25) is 0 Å². The Labute approximate surface area is 182 Å². The third kappa shape index (κ3) is 5.65. The highest BCUT2D eigenvalue weighted by Gasteiger charge is 2.98. The van der Waals surface area contributed by atoms with Crippen LogP contribution < -0.4 is 0 Å². The van der Waals surface area contributed by atoms with Gasteiger partial charge in [0.2, 0.25) is 0 Å². The van der Waals surface area contributed by atoms with Crippen molar-refractivity contribution < 1.29 is 114 Å². The molecular formula is C11F26. The molecule has 0 aromatic heterocycles. The van der Waals surface area contributed by atoms with E-state index in [-0.39, 0.29) is 0 Å². The van der Waals surface area contributed by atoms with Crippen LogP contribution in [0.25, 0.3) is 0 Å². The molecule has 0 aliphatic heterocycles. The second kappa shape index (κ2) is 9.14. The van der Waals surface area contributed by atoms with Crippen LogP contribution in [-0.4, -0.2) is 66.2 Å². The zero-order valence-electron chi connectivity index (χ0n) is 15.3. The van der Waals surface area contributed by atoms with Gasteiger partial charge in [-0.25, -0.2) is 0 Å². The summed E-state index contributed by atoms with van der Waals surface area (Å²) >= 11 is 0. The van der Waals surface area contributed by atoms with Gasteiger partial charge in [0.25, 0.3) is 0 Å². The fourth-order valence-electron chi connectivity index (χ4n) is 1.54. The molecule has 0 atom stereocenters. The maximum atomic E-state index is 13.1. The molecule has 37 heavy (non-hydrogen) atoms. The zero-order chi connectivity index (χ0) is 31.5. The van der Waals surface area contributed by atoms with E-state index in [1.54, 1.807) is 0 Å².